The Bertz CT molecular complexity index is 639. The standard InChI is InChI=1S/C14H16FN5O/c1-20-13(4-5-18-20)11-3-2-10(8-17-11)19-14(21)12-6-9(15)7-16-12/h2-5,8-9,12,16H,6-7H2,1H3,(H,19,21)/t9-,12+/m0/s1. The number of pyridine rings is 1. The van der Waals surface area contributed by atoms with E-state index in [1.807, 2.05) is 19.2 Å². The molecule has 1 fully saturated rings. The normalized spacial score (nSPS) is 21.4. The van der Waals surface area contributed by atoms with Gasteiger partial charge in [-0.15, -0.1) is 0 Å². The number of alkyl halides is 1. The number of aromatic nitrogens is 3. The van der Waals surface area contributed by atoms with Crippen molar-refractivity contribution in [1.29, 1.82) is 0 Å². The van der Waals surface area contributed by atoms with Crippen LogP contribution in [0.4, 0.5) is 10.1 Å². The number of halogens is 1. The molecule has 2 atom stereocenters. The SMILES string of the molecule is Cn1nccc1-c1ccc(NC(=O)[C@H]2C[C@H](F)CN2)cn1. The Morgan fingerprint density at radius 3 is 2.90 bits per heavy atom. The Balaban J connectivity index is 1.67. The van der Waals surface area contributed by atoms with Crippen LogP contribution in [0, 0.1) is 0 Å². The van der Waals surface area contributed by atoms with Crippen molar-refractivity contribution in [3.8, 4) is 11.4 Å². The maximum absolute atomic E-state index is 13.1. The number of amides is 1. The summed E-state index contributed by atoms with van der Waals surface area (Å²) < 4.78 is 14.8. The Hall–Kier alpha value is -2.28. The van der Waals surface area contributed by atoms with Gasteiger partial charge in [0.05, 0.1) is 29.3 Å². The first-order chi connectivity index (χ1) is 10.1. The highest BCUT2D eigenvalue weighted by atomic mass is 19.1. The molecule has 110 valence electrons. The molecule has 0 saturated carbocycles. The molecule has 0 radical (unpaired) electrons. The molecule has 2 aromatic heterocycles. The second kappa shape index (κ2) is 5.61. The van der Waals surface area contributed by atoms with E-state index in [0.29, 0.717) is 5.69 Å². The van der Waals surface area contributed by atoms with Gasteiger partial charge in [-0.3, -0.25) is 14.5 Å². The van der Waals surface area contributed by atoms with Gasteiger partial charge in [0.2, 0.25) is 5.91 Å². The Morgan fingerprint density at radius 1 is 1.48 bits per heavy atom. The zero-order chi connectivity index (χ0) is 14.8. The molecule has 7 heteroatoms. The van der Waals surface area contributed by atoms with E-state index in [4.69, 9.17) is 0 Å². The Kier molecular flexibility index (Phi) is 3.66. The van der Waals surface area contributed by atoms with Gasteiger partial charge in [0.1, 0.15) is 6.17 Å². The van der Waals surface area contributed by atoms with Crippen molar-refractivity contribution in [2.45, 2.75) is 18.6 Å². The second-order valence-electron chi connectivity index (χ2n) is 5.06. The van der Waals surface area contributed by atoms with Crippen LogP contribution >= 0.6 is 0 Å². The minimum Gasteiger partial charge on any atom is -0.323 e. The van der Waals surface area contributed by atoms with Crippen LogP contribution in [0.5, 0.6) is 0 Å². The van der Waals surface area contributed by atoms with Crippen LogP contribution in [0.1, 0.15) is 6.42 Å². The average molecular weight is 289 g/mol. The summed E-state index contributed by atoms with van der Waals surface area (Å²) in [5, 5.41) is 9.67. The molecular weight excluding hydrogens is 273 g/mol. The molecule has 0 aliphatic carbocycles. The zero-order valence-electron chi connectivity index (χ0n) is 11.6. The van der Waals surface area contributed by atoms with Crippen molar-refractivity contribution < 1.29 is 9.18 Å². The predicted octanol–water partition coefficient (Wildman–Crippen LogP) is 1.12. The first-order valence-electron chi connectivity index (χ1n) is 6.76. The quantitative estimate of drug-likeness (QED) is 0.888. The van der Waals surface area contributed by atoms with Gasteiger partial charge in [0.15, 0.2) is 0 Å². The molecule has 6 nitrogen and oxygen atoms in total. The summed E-state index contributed by atoms with van der Waals surface area (Å²) in [5.74, 6) is -0.231. The van der Waals surface area contributed by atoms with Crippen molar-refractivity contribution in [2.75, 3.05) is 11.9 Å². The van der Waals surface area contributed by atoms with Crippen LogP contribution in [-0.2, 0) is 11.8 Å². The number of carbonyl (C=O) groups excluding carboxylic acids is 1. The molecule has 21 heavy (non-hydrogen) atoms. The van der Waals surface area contributed by atoms with Crippen LogP contribution in [0.2, 0.25) is 0 Å². The van der Waals surface area contributed by atoms with Gasteiger partial charge >= 0.3 is 0 Å². The van der Waals surface area contributed by atoms with Crippen LogP contribution in [0.3, 0.4) is 0 Å². The van der Waals surface area contributed by atoms with E-state index in [1.165, 1.54) is 0 Å². The lowest BCUT2D eigenvalue weighted by Gasteiger charge is -2.11. The molecule has 0 bridgehead atoms. The third-order valence-corrected chi connectivity index (χ3v) is 3.51. The van der Waals surface area contributed by atoms with Crippen LogP contribution in [0.15, 0.2) is 30.6 Å². The fourth-order valence-electron chi connectivity index (χ4n) is 2.37. The lowest BCUT2D eigenvalue weighted by molar-refractivity contribution is -0.117. The molecule has 3 rings (SSSR count). The van der Waals surface area contributed by atoms with E-state index < -0.39 is 12.2 Å². The summed E-state index contributed by atoms with van der Waals surface area (Å²) in [6, 6.07) is 4.98. The topological polar surface area (TPSA) is 71.8 Å². The van der Waals surface area contributed by atoms with E-state index in [-0.39, 0.29) is 18.9 Å². The number of nitrogens with zero attached hydrogens (tertiary/aromatic N) is 3. The molecule has 0 spiro atoms. The van der Waals surface area contributed by atoms with Crippen molar-refractivity contribution >= 4 is 11.6 Å². The maximum atomic E-state index is 13.1. The molecule has 3 heterocycles. The molecule has 1 amide bonds. The average Bonchev–Trinajstić information content (AvgIpc) is 3.08. The van der Waals surface area contributed by atoms with E-state index in [2.05, 4.69) is 20.7 Å². The molecule has 2 N–H and O–H groups in total. The summed E-state index contributed by atoms with van der Waals surface area (Å²) in [7, 11) is 1.84. The molecule has 1 aliphatic rings. The lowest BCUT2D eigenvalue weighted by atomic mass is 10.2. The van der Waals surface area contributed by atoms with E-state index in [0.717, 1.165) is 11.4 Å². The first-order valence-corrected chi connectivity index (χ1v) is 6.76. The van der Waals surface area contributed by atoms with Crippen molar-refractivity contribution in [2.24, 2.45) is 7.05 Å². The van der Waals surface area contributed by atoms with Crippen molar-refractivity contribution in [3.05, 3.63) is 30.6 Å². The van der Waals surface area contributed by atoms with E-state index >= 15 is 0 Å². The van der Waals surface area contributed by atoms with Gasteiger partial charge in [-0.1, -0.05) is 0 Å². The number of nitrogens with one attached hydrogen (secondary N) is 2. The number of hydrogen-bond donors (Lipinski definition) is 2. The zero-order valence-corrected chi connectivity index (χ0v) is 11.6. The highest BCUT2D eigenvalue weighted by molar-refractivity contribution is 5.95. The molecule has 2 aromatic rings. The van der Waals surface area contributed by atoms with Gasteiger partial charge in [-0.25, -0.2) is 4.39 Å². The minimum atomic E-state index is -0.953. The first kappa shape index (κ1) is 13.7. The van der Waals surface area contributed by atoms with Gasteiger partial charge in [-0.2, -0.15) is 5.10 Å². The predicted molar refractivity (Wildman–Crippen MR) is 76.4 cm³/mol. The smallest absolute Gasteiger partial charge is 0.241 e. The summed E-state index contributed by atoms with van der Waals surface area (Å²) in [4.78, 5) is 16.3. The van der Waals surface area contributed by atoms with E-state index in [9.17, 15) is 9.18 Å². The fourth-order valence-corrected chi connectivity index (χ4v) is 2.37. The fraction of sp³-hybridized carbons (Fsp3) is 0.357. The summed E-state index contributed by atoms with van der Waals surface area (Å²) in [5.41, 5.74) is 2.26. The maximum Gasteiger partial charge on any atom is 0.241 e. The number of aryl methyl sites for hydroxylation is 1. The Morgan fingerprint density at radius 2 is 2.33 bits per heavy atom. The molecular formula is C14H16FN5O. The molecule has 0 aromatic carbocycles. The number of anilines is 1. The van der Waals surface area contributed by atoms with E-state index in [1.54, 1.807) is 23.1 Å². The highest BCUT2D eigenvalue weighted by Gasteiger charge is 2.29. The minimum absolute atomic E-state index is 0.215. The largest absolute Gasteiger partial charge is 0.323 e. The van der Waals surface area contributed by atoms with Crippen LogP contribution in [-0.4, -0.2) is 39.4 Å². The molecule has 0 unspecified atom stereocenters. The summed E-state index contributed by atoms with van der Waals surface area (Å²) in [6.07, 6.45) is 2.55. The van der Waals surface area contributed by atoms with Gasteiger partial charge < -0.3 is 10.6 Å². The number of hydrogen-bond acceptors (Lipinski definition) is 4. The molecule has 1 saturated heterocycles. The number of rotatable bonds is 3. The third-order valence-electron chi connectivity index (χ3n) is 3.51. The monoisotopic (exact) mass is 289 g/mol. The van der Waals surface area contributed by atoms with Crippen molar-refractivity contribution in [3.63, 3.8) is 0 Å². The Labute approximate surface area is 121 Å². The van der Waals surface area contributed by atoms with Gasteiger partial charge in [-0.05, 0) is 18.2 Å². The third kappa shape index (κ3) is 2.92. The van der Waals surface area contributed by atoms with Gasteiger partial charge in [0.25, 0.3) is 0 Å². The van der Waals surface area contributed by atoms with Gasteiger partial charge in [0, 0.05) is 26.2 Å². The van der Waals surface area contributed by atoms with Crippen LogP contribution < -0.4 is 10.6 Å². The second-order valence-corrected chi connectivity index (χ2v) is 5.06. The van der Waals surface area contributed by atoms with Crippen LogP contribution in [0.25, 0.3) is 11.4 Å². The lowest BCUT2D eigenvalue weighted by Crippen LogP contribution is -2.35. The van der Waals surface area contributed by atoms with Crippen molar-refractivity contribution in [1.82, 2.24) is 20.1 Å². The molecule has 1 aliphatic heterocycles. The summed E-state index contributed by atoms with van der Waals surface area (Å²) in [6.45, 7) is 0.232. The highest BCUT2D eigenvalue weighted by Crippen LogP contribution is 2.18. The summed E-state index contributed by atoms with van der Waals surface area (Å²) >= 11 is 0. The number of carbonyl (C=O) groups is 1.